The number of nitrogens with zero attached hydrogens (tertiary/aromatic N) is 3. The van der Waals surface area contributed by atoms with Crippen LogP contribution >= 0.6 is 0 Å². The third kappa shape index (κ3) is 4.67. The van der Waals surface area contributed by atoms with Gasteiger partial charge in [-0.1, -0.05) is 29.8 Å². The molecule has 0 aliphatic carbocycles. The highest BCUT2D eigenvalue weighted by Gasteiger charge is 2.18. The van der Waals surface area contributed by atoms with Crippen LogP contribution in [-0.2, 0) is 9.53 Å². The van der Waals surface area contributed by atoms with Gasteiger partial charge < -0.3 is 9.15 Å². The maximum Gasteiger partial charge on any atom is 0.331 e. The molecule has 1 atom stereocenters. The van der Waals surface area contributed by atoms with Gasteiger partial charge in [-0.15, -0.1) is 10.2 Å². The number of carbonyl (C=O) groups is 1. The molecule has 1 aromatic heterocycles. The quantitative estimate of drug-likeness (QED) is 0.272. The fourth-order valence-corrected chi connectivity index (χ4v) is 2.38. The molecule has 0 unspecified atom stereocenters. The van der Waals surface area contributed by atoms with Crippen molar-refractivity contribution in [2.45, 2.75) is 20.0 Å². The number of non-ortho nitro benzene ring substituents is 1. The number of aromatic nitrogens is 2. The van der Waals surface area contributed by atoms with Gasteiger partial charge >= 0.3 is 5.97 Å². The largest absolute Gasteiger partial charge is 0.449 e. The zero-order valence-corrected chi connectivity index (χ0v) is 15.2. The lowest BCUT2D eigenvalue weighted by Crippen LogP contribution is -2.06. The normalized spacial score (nSPS) is 12.1. The summed E-state index contributed by atoms with van der Waals surface area (Å²) >= 11 is 0. The summed E-state index contributed by atoms with van der Waals surface area (Å²) in [7, 11) is 0. The topological polar surface area (TPSA) is 108 Å². The van der Waals surface area contributed by atoms with Gasteiger partial charge in [0.05, 0.1) is 4.92 Å². The molecule has 0 saturated carbocycles. The van der Waals surface area contributed by atoms with Crippen LogP contribution < -0.4 is 0 Å². The summed E-state index contributed by atoms with van der Waals surface area (Å²) in [6.07, 6.45) is 1.88. The van der Waals surface area contributed by atoms with E-state index in [2.05, 4.69) is 10.2 Å². The lowest BCUT2D eigenvalue weighted by molar-refractivity contribution is -0.384. The van der Waals surface area contributed by atoms with Crippen LogP contribution in [-0.4, -0.2) is 21.1 Å². The fraction of sp³-hybridized carbons (Fsp3) is 0.150. The molecule has 0 radical (unpaired) electrons. The predicted octanol–water partition coefficient (Wildman–Crippen LogP) is 4.27. The Morgan fingerprint density at radius 1 is 1.21 bits per heavy atom. The number of aryl methyl sites for hydroxylation is 1. The Kier molecular flexibility index (Phi) is 5.59. The lowest BCUT2D eigenvalue weighted by Gasteiger charge is -2.06. The maximum absolute atomic E-state index is 12.0. The second kappa shape index (κ2) is 8.26. The van der Waals surface area contributed by atoms with Crippen molar-refractivity contribution in [3.63, 3.8) is 0 Å². The van der Waals surface area contributed by atoms with Gasteiger partial charge in [-0.25, -0.2) is 4.79 Å². The molecule has 8 nitrogen and oxygen atoms in total. The van der Waals surface area contributed by atoms with E-state index in [0.717, 1.165) is 11.1 Å². The minimum absolute atomic E-state index is 0.0571. The van der Waals surface area contributed by atoms with Gasteiger partial charge in [0.15, 0.2) is 6.10 Å². The molecule has 0 spiro atoms. The summed E-state index contributed by atoms with van der Waals surface area (Å²) in [6, 6.07) is 13.5. The first kappa shape index (κ1) is 19.0. The minimum Gasteiger partial charge on any atom is -0.449 e. The van der Waals surface area contributed by atoms with Gasteiger partial charge in [0.1, 0.15) is 0 Å². The lowest BCUT2D eigenvalue weighted by atomic mass is 10.1. The van der Waals surface area contributed by atoms with Crippen LogP contribution in [0.25, 0.3) is 17.5 Å². The van der Waals surface area contributed by atoms with Gasteiger partial charge in [-0.2, -0.15) is 0 Å². The van der Waals surface area contributed by atoms with Crippen molar-refractivity contribution < 1.29 is 18.9 Å². The van der Waals surface area contributed by atoms with E-state index in [1.54, 1.807) is 13.0 Å². The average molecular weight is 379 g/mol. The van der Waals surface area contributed by atoms with Gasteiger partial charge in [0, 0.05) is 23.8 Å². The number of hydrogen-bond donors (Lipinski definition) is 0. The third-order valence-electron chi connectivity index (χ3n) is 3.87. The number of hydrogen-bond acceptors (Lipinski definition) is 7. The molecule has 0 saturated heterocycles. The first-order valence-corrected chi connectivity index (χ1v) is 8.46. The van der Waals surface area contributed by atoms with Crippen molar-refractivity contribution in [1.29, 1.82) is 0 Å². The standard InChI is InChI=1S/C20H17N3O5/c1-13-6-9-16(10-7-13)20-22-21-19(28-20)14(2)27-18(24)11-8-15-4-3-5-17(12-15)23(25)26/h3-12,14H,1-2H3/b11-8+/t14-/m1/s1. The molecule has 2 aromatic carbocycles. The summed E-state index contributed by atoms with van der Waals surface area (Å²) in [4.78, 5) is 22.3. The Bertz CT molecular complexity index is 1020. The smallest absolute Gasteiger partial charge is 0.331 e. The summed E-state index contributed by atoms with van der Waals surface area (Å²) in [5.41, 5.74) is 2.34. The average Bonchev–Trinajstić information content (AvgIpc) is 3.17. The molecule has 0 amide bonds. The highest BCUT2D eigenvalue weighted by atomic mass is 16.6. The zero-order valence-electron chi connectivity index (χ0n) is 15.2. The van der Waals surface area contributed by atoms with Crippen LogP contribution in [0.1, 0.15) is 30.0 Å². The van der Waals surface area contributed by atoms with E-state index in [1.807, 2.05) is 31.2 Å². The van der Waals surface area contributed by atoms with E-state index >= 15 is 0 Å². The van der Waals surface area contributed by atoms with Crippen LogP contribution in [0.4, 0.5) is 5.69 Å². The van der Waals surface area contributed by atoms with Crippen LogP contribution in [0.5, 0.6) is 0 Å². The maximum atomic E-state index is 12.0. The van der Waals surface area contributed by atoms with E-state index in [4.69, 9.17) is 9.15 Å². The number of benzene rings is 2. The summed E-state index contributed by atoms with van der Waals surface area (Å²) in [5, 5.41) is 18.7. The number of nitro groups is 1. The highest BCUT2D eigenvalue weighted by Crippen LogP contribution is 2.23. The number of ether oxygens (including phenoxy) is 1. The number of nitro benzene ring substituents is 1. The van der Waals surface area contributed by atoms with Crippen molar-refractivity contribution in [2.75, 3.05) is 0 Å². The number of esters is 1. The van der Waals surface area contributed by atoms with Gasteiger partial charge in [0.2, 0.25) is 5.89 Å². The molecular weight excluding hydrogens is 362 g/mol. The van der Waals surface area contributed by atoms with E-state index in [9.17, 15) is 14.9 Å². The summed E-state index contributed by atoms with van der Waals surface area (Å²) < 4.78 is 10.8. The first-order chi connectivity index (χ1) is 13.4. The Morgan fingerprint density at radius 3 is 2.68 bits per heavy atom. The molecule has 0 aliphatic rings. The van der Waals surface area contributed by atoms with Gasteiger partial charge in [-0.3, -0.25) is 10.1 Å². The molecule has 0 aliphatic heterocycles. The van der Waals surface area contributed by atoms with Crippen molar-refractivity contribution in [2.24, 2.45) is 0 Å². The van der Waals surface area contributed by atoms with Gasteiger partial charge in [-0.05, 0) is 37.6 Å². The Hall–Kier alpha value is -3.81. The number of rotatable bonds is 6. The third-order valence-corrected chi connectivity index (χ3v) is 3.87. The molecule has 28 heavy (non-hydrogen) atoms. The molecule has 3 rings (SSSR count). The SMILES string of the molecule is Cc1ccc(-c2nnc([C@@H](C)OC(=O)/C=C/c3cccc([N+](=O)[O-])c3)o2)cc1. The van der Waals surface area contributed by atoms with Crippen molar-refractivity contribution in [1.82, 2.24) is 10.2 Å². The fourth-order valence-electron chi connectivity index (χ4n) is 2.38. The van der Waals surface area contributed by atoms with Crippen molar-refractivity contribution >= 4 is 17.7 Å². The summed E-state index contributed by atoms with van der Waals surface area (Å²) in [5.74, 6) is -0.119. The zero-order chi connectivity index (χ0) is 20.1. The Morgan fingerprint density at radius 2 is 1.96 bits per heavy atom. The van der Waals surface area contributed by atoms with E-state index < -0.39 is 17.0 Å². The van der Waals surface area contributed by atoms with E-state index in [1.165, 1.54) is 30.4 Å². The monoisotopic (exact) mass is 379 g/mol. The molecule has 0 fully saturated rings. The predicted molar refractivity (Wildman–Crippen MR) is 101 cm³/mol. The van der Waals surface area contributed by atoms with Crippen LogP contribution in [0, 0.1) is 17.0 Å². The summed E-state index contributed by atoms with van der Waals surface area (Å²) in [6.45, 7) is 3.59. The van der Waals surface area contributed by atoms with Crippen LogP contribution in [0.3, 0.4) is 0 Å². The van der Waals surface area contributed by atoms with Crippen LogP contribution in [0.15, 0.2) is 59.0 Å². The Balaban J connectivity index is 1.63. The van der Waals surface area contributed by atoms with E-state index in [0.29, 0.717) is 11.5 Å². The number of carbonyl (C=O) groups excluding carboxylic acids is 1. The van der Waals surface area contributed by atoms with Gasteiger partial charge in [0.25, 0.3) is 11.6 Å². The molecule has 3 aromatic rings. The molecule has 0 N–H and O–H groups in total. The van der Waals surface area contributed by atoms with E-state index in [-0.39, 0.29) is 11.6 Å². The molecule has 1 heterocycles. The van der Waals surface area contributed by atoms with Crippen molar-refractivity contribution in [3.8, 4) is 11.5 Å². The molecule has 0 bridgehead atoms. The second-order valence-electron chi connectivity index (χ2n) is 6.08. The molecular formula is C20H17N3O5. The Labute approximate surface area is 160 Å². The first-order valence-electron chi connectivity index (χ1n) is 8.46. The minimum atomic E-state index is -0.742. The molecule has 8 heteroatoms. The molecule has 142 valence electrons. The van der Waals surface area contributed by atoms with Crippen LogP contribution in [0.2, 0.25) is 0 Å². The van der Waals surface area contributed by atoms with Crippen molar-refractivity contribution in [3.05, 3.63) is 81.7 Å². The second-order valence-corrected chi connectivity index (χ2v) is 6.08. The highest BCUT2D eigenvalue weighted by molar-refractivity contribution is 5.87.